The summed E-state index contributed by atoms with van der Waals surface area (Å²) >= 11 is 6.53. The number of halogens is 2. The Morgan fingerprint density at radius 1 is 1.00 bits per heavy atom. The first-order chi connectivity index (χ1) is 19.2. The Morgan fingerprint density at radius 3 is 2.38 bits per heavy atom. The van der Waals surface area contributed by atoms with Crippen molar-refractivity contribution in [3.05, 3.63) is 113 Å². The van der Waals surface area contributed by atoms with Crippen LogP contribution in [0.15, 0.2) is 91.1 Å². The van der Waals surface area contributed by atoms with E-state index in [-0.39, 0.29) is 18.3 Å². The summed E-state index contributed by atoms with van der Waals surface area (Å²) in [6, 6.07) is 25.1. The molecule has 0 aliphatic heterocycles. The molecule has 0 aliphatic carbocycles. The van der Waals surface area contributed by atoms with Crippen molar-refractivity contribution >= 4 is 23.2 Å². The number of amides is 1. The Balaban J connectivity index is 1.50. The zero-order chi connectivity index (χ0) is 28.3. The fourth-order valence-corrected chi connectivity index (χ4v) is 4.56. The van der Waals surface area contributed by atoms with Crippen molar-refractivity contribution in [1.29, 1.82) is 0 Å². The number of nitrogens with zero attached hydrogens (tertiary/aromatic N) is 3. The molecule has 9 heteroatoms. The predicted molar refractivity (Wildman–Crippen MR) is 154 cm³/mol. The number of nitrogens with one attached hydrogen (secondary N) is 1. The highest BCUT2D eigenvalue weighted by Crippen LogP contribution is 2.32. The first-order valence-corrected chi connectivity index (χ1v) is 13.2. The van der Waals surface area contributed by atoms with Crippen LogP contribution < -0.4 is 11.1 Å². The maximum Gasteiger partial charge on any atom is 0.240 e. The summed E-state index contributed by atoms with van der Waals surface area (Å²) in [7, 11) is 0. The van der Waals surface area contributed by atoms with Crippen LogP contribution in [0.3, 0.4) is 0 Å². The van der Waals surface area contributed by atoms with Crippen LogP contribution in [0.25, 0.3) is 27.9 Å². The van der Waals surface area contributed by atoms with Gasteiger partial charge >= 0.3 is 0 Å². The smallest absolute Gasteiger partial charge is 0.240 e. The monoisotopic (exact) mass is 557 g/mol. The van der Waals surface area contributed by atoms with Gasteiger partial charge in [-0.05, 0) is 42.7 Å². The first kappa shape index (κ1) is 27.5. The van der Waals surface area contributed by atoms with Crippen LogP contribution in [-0.4, -0.2) is 32.7 Å². The molecule has 2 heterocycles. The van der Waals surface area contributed by atoms with Crippen molar-refractivity contribution in [2.45, 2.75) is 32.0 Å². The number of carbonyl (C=O) groups is 1. The number of fused-ring (bicyclic) bond motifs is 1. The Hall–Kier alpha value is -4.11. The van der Waals surface area contributed by atoms with Crippen LogP contribution in [0, 0.1) is 5.82 Å². The molecular formula is C31H29ClFN5O2. The van der Waals surface area contributed by atoms with Gasteiger partial charge in [0.1, 0.15) is 11.9 Å². The quantitative estimate of drug-likeness (QED) is 0.233. The van der Waals surface area contributed by atoms with E-state index in [1.165, 1.54) is 6.07 Å². The van der Waals surface area contributed by atoms with Crippen molar-refractivity contribution in [3.8, 4) is 22.3 Å². The lowest BCUT2D eigenvalue weighted by Gasteiger charge is -2.23. The molecule has 0 saturated heterocycles. The van der Waals surface area contributed by atoms with Gasteiger partial charge in [-0.15, -0.1) is 10.2 Å². The summed E-state index contributed by atoms with van der Waals surface area (Å²) in [5, 5.41) is 12.1. The van der Waals surface area contributed by atoms with Crippen molar-refractivity contribution in [2.24, 2.45) is 5.73 Å². The standard InChI is InChI=1S/C31H29ClFN5O2/c1-31(2,34)30(39)35-27(19-40-18-20-9-5-3-6-10-20)29-37-36-28-25(16-23(32)17-38(28)29)22-13-14-24(26(33)15-22)21-11-7-4-8-12-21/h3-17,27H,18-19,34H2,1-2H3,(H,35,39)/t27-/m1/s1. The third-order valence-electron chi connectivity index (χ3n) is 6.46. The summed E-state index contributed by atoms with van der Waals surface area (Å²) < 4.78 is 22.9. The molecule has 2 aromatic heterocycles. The third-order valence-corrected chi connectivity index (χ3v) is 6.67. The van der Waals surface area contributed by atoms with Crippen LogP contribution in [0.2, 0.25) is 5.02 Å². The normalized spacial score (nSPS) is 12.4. The predicted octanol–water partition coefficient (Wildman–Crippen LogP) is 5.97. The van der Waals surface area contributed by atoms with Crippen LogP contribution in [0.1, 0.15) is 31.3 Å². The van der Waals surface area contributed by atoms with Crippen LogP contribution >= 0.6 is 11.6 Å². The lowest BCUT2D eigenvalue weighted by atomic mass is 10.00. The zero-order valence-corrected chi connectivity index (χ0v) is 22.9. The second-order valence-electron chi connectivity index (χ2n) is 10.1. The molecule has 5 rings (SSSR count). The summed E-state index contributed by atoms with van der Waals surface area (Å²) in [4.78, 5) is 12.9. The van der Waals surface area contributed by atoms with Crippen molar-refractivity contribution < 1.29 is 13.9 Å². The number of nitrogens with two attached hydrogens (primary N) is 1. The number of hydrogen-bond acceptors (Lipinski definition) is 5. The lowest BCUT2D eigenvalue weighted by molar-refractivity contribution is -0.126. The molecule has 0 saturated carbocycles. The molecular weight excluding hydrogens is 529 g/mol. The molecule has 3 N–H and O–H groups in total. The van der Waals surface area contributed by atoms with E-state index in [9.17, 15) is 4.79 Å². The molecule has 3 aromatic carbocycles. The second-order valence-corrected chi connectivity index (χ2v) is 10.6. The summed E-state index contributed by atoms with van der Waals surface area (Å²) in [6.07, 6.45) is 1.66. The minimum Gasteiger partial charge on any atom is -0.374 e. The zero-order valence-electron chi connectivity index (χ0n) is 22.1. The van der Waals surface area contributed by atoms with Crippen molar-refractivity contribution in [1.82, 2.24) is 19.9 Å². The maximum atomic E-state index is 15.2. The number of hydrogen-bond donors (Lipinski definition) is 2. The molecule has 7 nitrogen and oxygen atoms in total. The molecule has 0 fully saturated rings. The van der Waals surface area contributed by atoms with E-state index >= 15 is 4.39 Å². The molecule has 0 bridgehead atoms. The van der Waals surface area contributed by atoms with Gasteiger partial charge in [-0.1, -0.05) is 84.4 Å². The maximum absolute atomic E-state index is 15.2. The van der Waals surface area contributed by atoms with Crippen molar-refractivity contribution in [3.63, 3.8) is 0 Å². The largest absolute Gasteiger partial charge is 0.374 e. The van der Waals surface area contributed by atoms with Crippen LogP contribution in [-0.2, 0) is 16.1 Å². The average Bonchev–Trinajstić information content (AvgIpc) is 3.36. The Labute approximate surface area is 236 Å². The first-order valence-electron chi connectivity index (χ1n) is 12.8. The molecule has 0 spiro atoms. The molecule has 0 unspecified atom stereocenters. The van der Waals surface area contributed by atoms with Crippen LogP contribution in [0.4, 0.5) is 4.39 Å². The topological polar surface area (TPSA) is 94.5 Å². The highest BCUT2D eigenvalue weighted by atomic mass is 35.5. The fourth-order valence-electron chi connectivity index (χ4n) is 4.36. The van der Waals surface area contributed by atoms with E-state index in [0.29, 0.717) is 39.8 Å². The molecule has 1 atom stereocenters. The molecule has 0 radical (unpaired) electrons. The average molecular weight is 558 g/mol. The van der Waals surface area contributed by atoms with Crippen molar-refractivity contribution in [2.75, 3.05) is 6.61 Å². The minimum absolute atomic E-state index is 0.111. The number of pyridine rings is 1. The Morgan fingerprint density at radius 2 is 1.70 bits per heavy atom. The highest BCUT2D eigenvalue weighted by Gasteiger charge is 2.28. The van der Waals surface area contributed by atoms with Gasteiger partial charge in [0.15, 0.2) is 11.5 Å². The van der Waals surface area contributed by atoms with Gasteiger partial charge in [0, 0.05) is 17.3 Å². The van der Waals surface area contributed by atoms with Gasteiger partial charge in [-0.2, -0.15) is 0 Å². The molecule has 40 heavy (non-hydrogen) atoms. The van der Waals surface area contributed by atoms with E-state index < -0.39 is 11.6 Å². The summed E-state index contributed by atoms with van der Waals surface area (Å²) in [5.41, 5.74) is 8.84. The number of rotatable bonds is 9. The number of ether oxygens (including phenoxy) is 1. The summed E-state index contributed by atoms with van der Waals surface area (Å²) in [6.45, 7) is 3.69. The number of carbonyl (C=O) groups excluding carboxylic acids is 1. The van der Waals surface area contributed by atoms with Gasteiger partial charge in [0.05, 0.1) is 23.8 Å². The highest BCUT2D eigenvalue weighted by molar-refractivity contribution is 6.31. The van der Waals surface area contributed by atoms with E-state index in [2.05, 4.69) is 15.5 Å². The van der Waals surface area contributed by atoms with Gasteiger partial charge in [0.25, 0.3) is 0 Å². The lowest BCUT2D eigenvalue weighted by Crippen LogP contribution is -2.50. The number of benzene rings is 3. The molecule has 5 aromatic rings. The molecule has 204 valence electrons. The third kappa shape index (κ3) is 6.04. The molecule has 0 aliphatic rings. The minimum atomic E-state index is -1.13. The SMILES string of the molecule is CC(C)(N)C(=O)N[C@H](COCc1ccccc1)c1nnc2c(-c3ccc(-c4ccccc4)c(F)c3)cc(Cl)cn12. The van der Waals surface area contributed by atoms with Gasteiger partial charge in [-0.25, -0.2) is 4.39 Å². The second kappa shape index (κ2) is 11.6. The number of aromatic nitrogens is 3. The summed E-state index contributed by atoms with van der Waals surface area (Å²) in [5.74, 6) is -0.338. The van der Waals surface area contributed by atoms with Gasteiger partial charge < -0.3 is 15.8 Å². The Kier molecular flexibility index (Phi) is 7.93. The van der Waals surface area contributed by atoms with Gasteiger partial charge in [-0.3, -0.25) is 9.20 Å². The van der Waals surface area contributed by atoms with E-state index in [4.69, 9.17) is 22.1 Å². The Bertz CT molecular complexity index is 1630. The van der Waals surface area contributed by atoms with E-state index in [1.807, 2.05) is 66.7 Å². The fraction of sp³-hybridized carbons (Fsp3) is 0.194. The molecule has 1 amide bonds. The van der Waals surface area contributed by atoms with E-state index in [0.717, 1.165) is 11.1 Å². The van der Waals surface area contributed by atoms with E-state index in [1.54, 1.807) is 36.6 Å². The van der Waals surface area contributed by atoms with Crippen LogP contribution in [0.5, 0.6) is 0 Å². The van der Waals surface area contributed by atoms with Gasteiger partial charge in [0.2, 0.25) is 5.91 Å².